The van der Waals surface area contributed by atoms with Crippen LogP contribution in [0.15, 0.2) is 42.0 Å². The third-order valence-corrected chi connectivity index (χ3v) is 4.52. The smallest absolute Gasteiger partial charge is 0.337 e. The molecule has 0 spiro atoms. The molecule has 3 rings (SSSR count). The third kappa shape index (κ3) is 5.54. The number of carbonyl (C=O) groups excluding carboxylic acids is 1. The van der Waals surface area contributed by atoms with E-state index in [0.29, 0.717) is 17.3 Å². The minimum atomic E-state index is -0.364. The second-order valence-electron chi connectivity index (χ2n) is 6.70. The lowest BCUT2D eigenvalue weighted by Gasteiger charge is -2.14. The summed E-state index contributed by atoms with van der Waals surface area (Å²) < 4.78 is 4.77. The van der Waals surface area contributed by atoms with E-state index in [9.17, 15) is 4.79 Å². The zero-order valence-corrected chi connectivity index (χ0v) is 15.9. The molecule has 1 heterocycles. The van der Waals surface area contributed by atoms with Crippen molar-refractivity contribution in [3.63, 3.8) is 0 Å². The van der Waals surface area contributed by atoms with Gasteiger partial charge in [-0.15, -0.1) is 0 Å². The van der Waals surface area contributed by atoms with Gasteiger partial charge in [-0.1, -0.05) is 17.7 Å². The fraction of sp³-hybridized carbons (Fsp3) is 0.381. The molecule has 0 bridgehead atoms. The van der Waals surface area contributed by atoms with E-state index in [1.54, 1.807) is 18.2 Å². The minimum Gasteiger partial charge on any atom is -0.465 e. The summed E-state index contributed by atoms with van der Waals surface area (Å²) in [6, 6.07) is 9.02. The van der Waals surface area contributed by atoms with Gasteiger partial charge in [0.15, 0.2) is 0 Å². The Bertz CT molecular complexity index is 833. The van der Waals surface area contributed by atoms with Crippen molar-refractivity contribution >= 4 is 23.4 Å². The molecular formula is C21H26N4O2. The van der Waals surface area contributed by atoms with E-state index >= 15 is 0 Å². The number of anilines is 3. The quantitative estimate of drug-likeness (QED) is 0.550. The van der Waals surface area contributed by atoms with Gasteiger partial charge in [0, 0.05) is 24.0 Å². The van der Waals surface area contributed by atoms with E-state index < -0.39 is 0 Å². The SMILES string of the molecule is COC(=O)c1cccc(Nc2cc(C)nc(NCCC3=CCCCC3)n2)c1. The highest BCUT2D eigenvalue weighted by molar-refractivity contribution is 5.90. The standard InChI is InChI=1S/C21H26N4O2/c1-15-13-19(24-18-10-6-9-17(14-18)20(26)27-2)25-21(23-15)22-12-11-16-7-4-3-5-8-16/h6-7,9-10,13-14H,3-5,8,11-12H2,1-2H3,(H2,22,23,24,25). The van der Waals surface area contributed by atoms with E-state index in [1.165, 1.54) is 38.4 Å². The van der Waals surface area contributed by atoms with Crippen LogP contribution in [0.25, 0.3) is 0 Å². The number of ether oxygens (including phenoxy) is 1. The number of methoxy groups -OCH3 is 1. The van der Waals surface area contributed by atoms with Crippen molar-refractivity contribution in [1.82, 2.24) is 9.97 Å². The van der Waals surface area contributed by atoms with Gasteiger partial charge in [-0.25, -0.2) is 9.78 Å². The van der Waals surface area contributed by atoms with Crippen molar-refractivity contribution in [3.8, 4) is 0 Å². The van der Waals surface area contributed by atoms with Crippen LogP contribution in [-0.4, -0.2) is 29.6 Å². The molecule has 142 valence electrons. The minimum absolute atomic E-state index is 0.364. The number of carbonyl (C=O) groups is 1. The van der Waals surface area contributed by atoms with E-state index in [0.717, 1.165) is 24.3 Å². The Hall–Kier alpha value is -2.89. The molecule has 1 aliphatic rings. The van der Waals surface area contributed by atoms with Crippen molar-refractivity contribution in [2.24, 2.45) is 0 Å². The number of aromatic nitrogens is 2. The topological polar surface area (TPSA) is 76.1 Å². The van der Waals surface area contributed by atoms with Crippen molar-refractivity contribution in [2.45, 2.75) is 39.0 Å². The van der Waals surface area contributed by atoms with E-state index in [4.69, 9.17) is 4.74 Å². The van der Waals surface area contributed by atoms with Crippen LogP contribution in [-0.2, 0) is 4.74 Å². The van der Waals surface area contributed by atoms with Crippen LogP contribution in [0.1, 0.15) is 48.2 Å². The summed E-state index contributed by atoms with van der Waals surface area (Å²) in [7, 11) is 1.37. The molecule has 2 N–H and O–H groups in total. The lowest BCUT2D eigenvalue weighted by molar-refractivity contribution is 0.0601. The molecule has 0 amide bonds. The summed E-state index contributed by atoms with van der Waals surface area (Å²) in [5.74, 6) is 0.929. The number of hydrogen-bond donors (Lipinski definition) is 2. The van der Waals surface area contributed by atoms with E-state index in [2.05, 4.69) is 26.7 Å². The van der Waals surface area contributed by atoms with Crippen molar-refractivity contribution in [1.29, 1.82) is 0 Å². The van der Waals surface area contributed by atoms with Gasteiger partial charge in [-0.05, 0) is 57.2 Å². The molecule has 0 aliphatic heterocycles. The highest BCUT2D eigenvalue weighted by Crippen LogP contribution is 2.21. The molecule has 0 saturated carbocycles. The molecule has 2 aromatic rings. The van der Waals surface area contributed by atoms with E-state index in [1.807, 2.05) is 19.1 Å². The van der Waals surface area contributed by atoms with Crippen LogP contribution in [0, 0.1) is 6.92 Å². The average molecular weight is 366 g/mol. The monoisotopic (exact) mass is 366 g/mol. The highest BCUT2D eigenvalue weighted by atomic mass is 16.5. The number of esters is 1. The summed E-state index contributed by atoms with van der Waals surface area (Å²) >= 11 is 0. The van der Waals surface area contributed by atoms with Crippen molar-refractivity contribution in [3.05, 3.63) is 53.2 Å². The molecular weight excluding hydrogens is 340 g/mol. The summed E-state index contributed by atoms with van der Waals surface area (Å²) in [5, 5.41) is 6.55. The Labute approximate surface area is 160 Å². The molecule has 0 fully saturated rings. The maximum atomic E-state index is 11.7. The fourth-order valence-electron chi connectivity index (χ4n) is 3.17. The van der Waals surface area contributed by atoms with Crippen LogP contribution >= 0.6 is 0 Å². The number of benzene rings is 1. The first kappa shape index (κ1) is 18.9. The second-order valence-corrected chi connectivity index (χ2v) is 6.70. The van der Waals surface area contributed by atoms with Crippen LogP contribution in [0.5, 0.6) is 0 Å². The Balaban J connectivity index is 1.64. The van der Waals surface area contributed by atoms with Crippen LogP contribution in [0.2, 0.25) is 0 Å². The highest BCUT2D eigenvalue weighted by Gasteiger charge is 2.08. The predicted molar refractivity (Wildman–Crippen MR) is 107 cm³/mol. The van der Waals surface area contributed by atoms with Crippen LogP contribution in [0.3, 0.4) is 0 Å². The maximum Gasteiger partial charge on any atom is 0.337 e. The van der Waals surface area contributed by atoms with Crippen molar-refractivity contribution < 1.29 is 9.53 Å². The summed E-state index contributed by atoms with van der Waals surface area (Å²) in [5.41, 5.74) is 3.66. The number of nitrogens with zero attached hydrogens (tertiary/aromatic N) is 2. The Kier molecular flexibility index (Phi) is 6.41. The zero-order valence-electron chi connectivity index (χ0n) is 15.9. The maximum absolute atomic E-state index is 11.7. The van der Waals surface area contributed by atoms with Gasteiger partial charge in [-0.3, -0.25) is 0 Å². The molecule has 6 heteroatoms. The van der Waals surface area contributed by atoms with E-state index in [-0.39, 0.29) is 5.97 Å². The Morgan fingerprint density at radius 3 is 2.89 bits per heavy atom. The number of nitrogens with one attached hydrogen (secondary N) is 2. The first-order valence-electron chi connectivity index (χ1n) is 9.37. The van der Waals surface area contributed by atoms with Crippen LogP contribution < -0.4 is 10.6 Å². The van der Waals surface area contributed by atoms with Gasteiger partial charge in [0.2, 0.25) is 5.95 Å². The molecule has 1 aromatic heterocycles. The Morgan fingerprint density at radius 2 is 2.11 bits per heavy atom. The van der Waals surface area contributed by atoms with Crippen molar-refractivity contribution in [2.75, 3.05) is 24.3 Å². The summed E-state index contributed by atoms with van der Waals surface area (Å²) in [6.07, 6.45) is 8.41. The van der Waals surface area contributed by atoms with Gasteiger partial charge in [0.25, 0.3) is 0 Å². The average Bonchev–Trinajstić information content (AvgIpc) is 2.68. The first-order valence-corrected chi connectivity index (χ1v) is 9.37. The number of aryl methyl sites for hydroxylation is 1. The summed E-state index contributed by atoms with van der Waals surface area (Å²) in [6.45, 7) is 2.76. The molecule has 27 heavy (non-hydrogen) atoms. The lowest BCUT2D eigenvalue weighted by atomic mass is 9.97. The normalized spacial score (nSPS) is 13.6. The van der Waals surface area contributed by atoms with Gasteiger partial charge < -0.3 is 15.4 Å². The molecule has 0 atom stereocenters. The largest absolute Gasteiger partial charge is 0.465 e. The molecule has 0 radical (unpaired) electrons. The predicted octanol–water partition coefficient (Wildman–Crippen LogP) is 4.62. The fourth-order valence-corrected chi connectivity index (χ4v) is 3.17. The molecule has 1 aromatic carbocycles. The number of rotatable bonds is 7. The first-order chi connectivity index (χ1) is 13.1. The zero-order chi connectivity index (χ0) is 19.1. The summed E-state index contributed by atoms with van der Waals surface area (Å²) in [4.78, 5) is 20.7. The number of hydrogen-bond acceptors (Lipinski definition) is 6. The molecule has 6 nitrogen and oxygen atoms in total. The number of allylic oxidation sites excluding steroid dienone is 1. The van der Waals surface area contributed by atoms with Crippen LogP contribution in [0.4, 0.5) is 17.5 Å². The van der Waals surface area contributed by atoms with Gasteiger partial charge in [0.1, 0.15) is 5.82 Å². The lowest BCUT2D eigenvalue weighted by Crippen LogP contribution is -2.09. The van der Waals surface area contributed by atoms with Gasteiger partial charge >= 0.3 is 5.97 Å². The van der Waals surface area contributed by atoms with Gasteiger partial charge in [0.05, 0.1) is 12.7 Å². The van der Waals surface area contributed by atoms with Gasteiger partial charge in [-0.2, -0.15) is 4.98 Å². The molecule has 0 unspecified atom stereocenters. The molecule has 0 saturated heterocycles. The third-order valence-electron chi connectivity index (χ3n) is 4.52. The second kappa shape index (κ2) is 9.16. The Morgan fingerprint density at radius 1 is 1.22 bits per heavy atom. The molecule has 1 aliphatic carbocycles.